The lowest BCUT2D eigenvalue weighted by Gasteiger charge is -2.31. The molecule has 0 aliphatic carbocycles. The first-order valence-electron chi connectivity index (χ1n) is 10.9. The minimum Gasteiger partial charge on any atom is -0.493 e. The van der Waals surface area contributed by atoms with Crippen LogP contribution in [-0.2, 0) is 13.1 Å². The van der Waals surface area contributed by atoms with Gasteiger partial charge in [0, 0.05) is 24.6 Å². The second kappa shape index (κ2) is 10.6. The van der Waals surface area contributed by atoms with Gasteiger partial charge in [0.15, 0.2) is 5.89 Å². The molecule has 170 valence electrons. The molecule has 1 fully saturated rings. The van der Waals surface area contributed by atoms with E-state index in [0.29, 0.717) is 35.4 Å². The summed E-state index contributed by atoms with van der Waals surface area (Å²) < 4.78 is 25.6. The van der Waals surface area contributed by atoms with Gasteiger partial charge in [-0.2, -0.15) is 0 Å². The molecule has 0 bridgehead atoms. The summed E-state index contributed by atoms with van der Waals surface area (Å²) in [6, 6.07) is 4.69. The van der Waals surface area contributed by atoms with Gasteiger partial charge >= 0.3 is 6.03 Å². The van der Waals surface area contributed by atoms with Crippen molar-refractivity contribution in [3.8, 4) is 5.75 Å². The number of nitrogens with zero attached hydrogens (tertiary/aromatic N) is 3. The maximum absolute atomic E-state index is 14.8. The Labute approximate surface area is 183 Å². The zero-order chi connectivity index (χ0) is 22.4. The van der Waals surface area contributed by atoms with E-state index in [0.717, 1.165) is 25.9 Å². The Kier molecular flexibility index (Phi) is 7.90. The summed E-state index contributed by atoms with van der Waals surface area (Å²) in [6.07, 6.45) is 3.33. The van der Waals surface area contributed by atoms with E-state index >= 15 is 0 Å². The lowest BCUT2D eigenvalue weighted by atomic mass is 10.1. The number of amides is 2. The van der Waals surface area contributed by atoms with Gasteiger partial charge in [-0.1, -0.05) is 19.9 Å². The van der Waals surface area contributed by atoms with E-state index < -0.39 is 5.82 Å². The second-order valence-electron chi connectivity index (χ2n) is 8.70. The van der Waals surface area contributed by atoms with E-state index in [-0.39, 0.29) is 25.2 Å². The van der Waals surface area contributed by atoms with Gasteiger partial charge in [-0.25, -0.2) is 14.2 Å². The van der Waals surface area contributed by atoms with Crippen molar-refractivity contribution in [1.82, 2.24) is 20.1 Å². The Morgan fingerprint density at radius 1 is 1.35 bits per heavy atom. The quantitative estimate of drug-likeness (QED) is 0.684. The predicted molar refractivity (Wildman–Crippen MR) is 116 cm³/mol. The molecule has 31 heavy (non-hydrogen) atoms. The first-order chi connectivity index (χ1) is 14.8. The van der Waals surface area contributed by atoms with E-state index in [1.165, 1.54) is 12.3 Å². The molecule has 8 heteroatoms. The van der Waals surface area contributed by atoms with Gasteiger partial charge in [0.25, 0.3) is 0 Å². The molecule has 0 unspecified atom stereocenters. The van der Waals surface area contributed by atoms with Crippen molar-refractivity contribution in [2.45, 2.75) is 52.7 Å². The highest BCUT2D eigenvalue weighted by Gasteiger charge is 2.23. The van der Waals surface area contributed by atoms with Crippen molar-refractivity contribution < 1.29 is 18.3 Å². The van der Waals surface area contributed by atoms with E-state index in [1.807, 2.05) is 13.8 Å². The normalized spacial score (nSPS) is 15.3. The third kappa shape index (κ3) is 6.95. The van der Waals surface area contributed by atoms with Gasteiger partial charge in [0.2, 0.25) is 0 Å². The smallest absolute Gasteiger partial charge is 0.318 e. The molecule has 7 nitrogen and oxygen atoms in total. The Morgan fingerprint density at radius 2 is 2.10 bits per heavy atom. The molecule has 1 saturated heterocycles. The summed E-state index contributed by atoms with van der Waals surface area (Å²) in [5, 5.41) is 3.11. The molecule has 2 heterocycles. The maximum Gasteiger partial charge on any atom is 0.318 e. The molecule has 2 amide bonds. The summed E-state index contributed by atoms with van der Waals surface area (Å²) in [4.78, 5) is 21.2. The molecule has 1 aromatic heterocycles. The third-order valence-corrected chi connectivity index (χ3v) is 5.32. The van der Waals surface area contributed by atoms with E-state index in [1.54, 1.807) is 24.0 Å². The maximum atomic E-state index is 14.8. The Bertz CT molecular complexity index is 862. The van der Waals surface area contributed by atoms with Crippen molar-refractivity contribution in [3.05, 3.63) is 47.4 Å². The van der Waals surface area contributed by atoms with Gasteiger partial charge in [-0.15, -0.1) is 0 Å². The van der Waals surface area contributed by atoms with Crippen LogP contribution in [0, 0.1) is 18.7 Å². The van der Waals surface area contributed by atoms with Crippen molar-refractivity contribution in [2.75, 3.05) is 26.7 Å². The summed E-state index contributed by atoms with van der Waals surface area (Å²) in [7, 11) is 2.08. The highest BCUT2D eigenvalue weighted by atomic mass is 19.1. The number of oxazole rings is 1. The predicted octanol–water partition coefficient (Wildman–Crippen LogP) is 3.96. The molecule has 0 saturated carbocycles. The molecular formula is C23H33FN4O3. The Balaban J connectivity index is 1.70. The second-order valence-corrected chi connectivity index (χ2v) is 8.70. The number of nitrogens with one attached hydrogen (secondary N) is 1. The van der Waals surface area contributed by atoms with Crippen LogP contribution in [0.15, 0.2) is 28.9 Å². The van der Waals surface area contributed by atoms with Gasteiger partial charge in [0.05, 0.1) is 25.4 Å². The molecule has 0 radical (unpaired) electrons. The zero-order valence-corrected chi connectivity index (χ0v) is 18.9. The lowest BCUT2D eigenvalue weighted by Crippen LogP contribution is -2.48. The minimum atomic E-state index is -0.394. The topological polar surface area (TPSA) is 70.8 Å². The average Bonchev–Trinajstić information content (AvgIpc) is 3.14. The Morgan fingerprint density at radius 3 is 2.71 bits per heavy atom. The zero-order valence-electron chi connectivity index (χ0n) is 18.9. The number of carbonyl (C=O) groups is 1. The molecule has 0 atom stereocenters. The number of hydrogen-bond donors (Lipinski definition) is 1. The number of ether oxygens (including phenoxy) is 1. The van der Waals surface area contributed by atoms with Gasteiger partial charge in [-0.05, 0) is 45.0 Å². The van der Waals surface area contributed by atoms with Crippen LogP contribution in [0.3, 0.4) is 0 Å². The molecule has 1 N–H and O–H groups in total. The van der Waals surface area contributed by atoms with Crippen LogP contribution in [0.25, 0.3) is 0 Å². The number of urea groups is 1. The summed E-state index contributed by atoms with van der Waals surface area (Å²) in [5.41, 5.74) is 1.06. The average molecular weight is 433 g/mol. The number of aromatic nitrogens is 1. The summed E-state index contributed by atoms with van der Waals surface area (Å²) in [6.45, 7) is 8.60. The lowest BCUT2D eigenvalue weighted by molar-refractivity contribution is 0.175. The number of likely N-dealkylation sites (tertiary alicyclic amines) is 1. The van der Waals surface area contributed by atoms with E-state index in [2.05, 4.69) is 22.2 Å². The number of hydrogen-bond acceptors (Lipinski definition) is 5. The minimum absolute atomic E-state index is 0.113. The van der Waals surface area contributed by atoms with Gasteiger partial charge < -0.3 is 24.3 Å². The van der Waals surface area contributed by atoms with Crippen molar-refractivity contribution in [2.24, 2.45) is 5.92 Å². The number of benzene rings is 1. The molecule has 1 aromatic carbocycles. The molecular weight excluding hydrogens is 399 g/mol. The largest absolute Gasteiger partial charge is 0.493 e. The van der Waals surface area contributed by atoms with Crippen LogP contribution in [0.1, 0.15) is 43.8 Å². The fourth-order valence-electron chi connectivity index (χ4n) is 3.51. The first-order valence-corrected chi connectivity index (χ1v) is 10.9. The molecule has 1 aliphatic rings. The van der Waals surface area contributed by atoms with Crippen molar-refractivity contribution in [1.29, 1.82) is 0 Å². The van der Waals surface area contributed by atoms with Crippen LogP contribution in [0.4, 0.5) is 9.18 Å². The monoisotopic (exact) mass is 432 g/mol. The van der Waals surface area contributed by atoms with E-state index in [9.17, 15) is 9.18 Å². The summed E-state index contributed by atoms with van der Waals surface area (Å²) in [5.74, 6) is 0.981. The SMILES string of the molecule is Cc1nc(CN(Cc2ccc(OCC(C)C)cc2F)C(=O)NC2CCN(C)CC2)co1. The fraction of sp³-hybridized carbons (Fsp3) is 0.565. The third-order valence-electron chi connectivity index (χ3n) is 5.32. The van der Waals surface area contributed by atoms with Crippen molar-refractivity contribution in [3.63, 3.8) is 0 Å². The molecule has 0 spiro atoms. The number of piperidine rings is 1. The standard InChI is InChI=1S/C23H33FN4O3/c1-16(2)14-31-21-6-5-18(22(24)11-21)12-28(13-20-15-30-17(3)25-20)23(29)26-19-7-9-27(4)10-8-19/h5-6,11,15-16,19H,7-10,12-14H2,1-4H3,(H,26,29). The summed E-state index contributed by atoms with van der Waals surface area (Å²) >= 11 is 0. The van der Waals surface area contributed by atoms with E-state index in [4.69, 9.17) is 9.15 Å². The number of carbonyl (C=O) groups excluding carboxylic acids is 1. The van der Waals surface area contributed by atoms with Crippen LogP contribution in [0.5, 0.6) is 5.75 Å². The number of rotatable bonds is 8. The van der Waals surface area contributed by atoms with Gasteiger partial charge in [-0.3, -0.25) is 0 Å². The Hall–Kier alpha value is -2.61. The first kappa shape index (κ1) is 23.1. The number of halogens is 1. The molecule has 3 rings (SSSR count). The van der Waals surface area contributed by atoms with Gasteiger partial charge in [0.1, 0.15) is 17.8 Å². The highest BCUT2D eigenvalue weighted by molar-refractivity contribution is 5.74. The highest BCUT2D eigenvalue weighted by Crippen LogP contribution is 2.20. The molecule has 2 aromatic rings. The molecule has 1 aliphatic heterocycles. The van der Waals surface area contributed by atoms with Crippen LogP contribution in [0.2, 0.25) is 0 Å². The van der Waals surface area contributed by atoms with Crippen LogP contribution >= 0.6 is 0 Å². The fourth-order valence-corrected chi connectivity index (χ4v) is 3.51. The number of aryl methyl sites for hydroxylation is 1. The van der Waals surface area contributed by atoms with Crippen LogP contribution < -0.4 is 10.1 Å². The van der Waals surface area contributed by atoms with Crippen LogP contribution in [-0.4, -0.2) is 53.6 Å². The van der Waals surface area contributed by atoms with Crippen molar-refractivity contribution >= 4 is 6.03 Å².